The number of non-ortho nitro benzene ring substituents is 1. The third-order valence-corrected chi connectivity index (χ3v) is 2.41. The lowest BCUT2D eigenvalue weighted by Crippen LogP contribution is -2.44. The number of hydrogen-bond donors (Lipinski definition) is 3. The highest BCUT2D eigenvalue weighted by Crippen LogP contribution is 2.13. The molecule has 0 heterocycles. The van der Waals surface area contributed by atoms with Crippen molar-refractivity contribution < 1.29 is 19.6 Å². The number of carbonyl (C=O) groups is 2. The molecule has 0 fully saturated rings. The van der Waals surface area contributed by atoms with E-state index in [1.165, 1.54) is 24.3 Å². The van der Waals surface area contributed by atoms with Gasteiger partial charge in [-0.1, -0.05) is 12.1 Å². The lowest BCUT2D eigenvalue weighted by atomic mass is 10.1. The number of nitrogens with one attached hydrogen (secondary N) is 1. The Kier molecular flexibility index (Phi) is 4.95. The molecule has 0 spiro atoms. The Morgan fingerprint density at radius 3 is 2.37 bits per heavy atom. The lowest BCUT2D eigenvalue weighted by Gasteiger charge is -2.13. The van der Waals surface area contributed by atoms with Gasteiger partial charge in [0.1, 0.15) is 6.04 Å². The summed E-state index contributed by atoms with van der Waals surface area (Å²) in [7, 11) is 0. The normalized spacial score (nSPS) is 11.6. The minimum atomic E-state index is -1.19. The number of aliphatic carboxylic acids is 1. The summed E-state index contributed by atoms with van der Waals surface area (Å²) in [5.74, 6) is -1.77. The zero-order valence-corrected chi connectivity index (χ0v) is 9.91. The molecule has 0 radical (unpaired) electrons. The van der Waals surface area contributed by atoms with Crippen molar-refractivity contribution >= 4 is 17.6 Å². The standard InChI is InChI=1S/C11H13N3O5/c12-6-10(15)13-9(11(16)17)5-7-1-3-8(4-2-7)14(18)19/h1-4,9H,5-6,12H2,(H,13,15)(H,16,17). The number of carbonyl (C=O) groups excluding carboxylic acids is 1. The van der Waals surface area contributed by atoms with Crippen LogP contribution in [0.1, 0.15) is 5.56 Å². The van der Waals surface area contributed by atoms with Gasteiger partial charge in [0.2, 0.25) is 5.91 Å². The summed E-state index contributed by atoms with van der Waals surface area (Å²) in [6, 6.07) is 4.33. The Hall–Kier alpha value is -2.48. The van der Waals surface area contributed by atoms with Crippen molar-refractivity contribution in [3.05, 3.63) is 39.9 Å². The van der Waals surface area contributed by atoms with Gasteiger partial charge in [0.05, 0.1) is 11.5 Å². The molecule has 0 bridgehead atoms. The Morgan fingerprint density at radius 1 is 1.37 bits per heavy atom. The van der Waals surface area contributed by atoms with Crippen LogP contribution >= 0.6 is 0 Å². The molecule has 1 rings (SSSR count). The van der Waals surface area contributed by atoms with Crippen LogP contribution < -0.4 is 11.1 Å². The predicted molar refractivity (Wildman–Crippen MR) is 65.4 cm³/mol. The van der Waals surface area contributed by atoms with E-state index in [2.05, 4.69) is 5.32 Å². The van der Waals surface area contributed by atoms with Crippen LogP contribution in [0.5, 0.6) is 0 Å². The van der Waals surface area contributed by atoms with Crippen molar-refractivity contribution in [2.45, 2.75) is 12.5 Å². The molecule has 8 heteroatoms. The minimum absolute atomic E-state index is 0.0269. The van der Waals surface area contributed by atoms with Crippen LogP contribution in [0.25, 0.3) is 0 Å². The van der Waals surface area contributed by atoms with Crippen LogP contribution in [0.2, 0.25) is 0 Å². The van der Waals surface area contributed by atoms with Crippen LogP contribution in [0.15, 0.2) is 24.3 Å². The second-order valence-corrected chi connectivity index (χ2v) is 3.79. The van der Waals surface area contributed by atoms with Crippen LogP contribution in [-0.4, -0.2) is 34.5 Å². The molecule has 0 saturated heterocycles. The first-order chi connectivity index (χ1) is 8.93. The summed E-state index contributed by atoms with van der Waals surface area (Å²) in [6.45, 7) is -0.302. The number of nitro benzene ring substituents is 1. The number of benzene rings is 1. The highest BCUT2D eigenvalue weighted by Gasteiger charge is 2.20. The van der Waals surface area contributed by atoms with Gasteiger partial charge in [0, 0.05) is 18.6 Å². The zero-order valence-electron chi connectivity index (χ0n) is 9.91. The molecule has 19 heavy (non-hydrogen) atoms. The predicted octanol–water partition coefficient (Wildman–Crippen LogP) is -0.335. The van der Waals surface area contributed by atoms with Gasteiger partial charge >= 0.3 is 5.97 Å². The molecule has 0 saturated carbocycles. The third-order valence-electron chi connectivity index (χ3n) is 2.41. The summed E-state index contributed by atoms with van der Waals surface area (Å²) in [5, 5.41) is 21.7. The molecule has 1 unspecified atom stereocenters. The van der Waals surface area contributed by atoms with E-state index in [9.17, 15) is 19.7 Å². The van der Waals surface area contributed by atoms with Crippen LogP contribution in [0.3, 0.4) is 0 Å². The first-order valence-electron chi connectivity index (χ1n) is 5.39. The summed E-state index contributed by atoms with van der Waals surface area (Å²) in [4.78, 5) is 32.0. The van der Waals surface area contributed by atoms with Crippen molar-refractivity contribution in [2.24, 2.45) is 5.73 Å². The van der Waals surface area contributed by atoms with Gasteiger partial charge in [-0.3, -0.25) is 14.9 Å². The third kappa shape index (κ3) is 4.36. The topological polar surface area (TPSA) is 136 Å². The molecule has 4 N–H and O–H groups in total. The fraction of sp³-hybridized carbons (Fsp3) is 0.273. The monoisotopic (exact) mass is 267 g/mol. The molecule has 0 aromatic heterocycles. The SMILES string of the molecule is NCC(=O)NC(Cc1ccc([N+](=O)[O-])cc1)C(=O)O. The number of carboxylic acid groups (broad SMARTS) is 1. The molecule has 0 aliphatic heterocycles. The number of nitrogens with two attached hydrogens (primary N) is 1. The van der Waals surface area contributed by atoms with Crippen molar-refractivity contribution in [3.63, 3.8) is 0 Å². The summed E-state index contributed by atoms with van der Waals surface area (Å²) < 4.78 is 0. The largest absolute Gasteiger partial charge is 0.480 e. The van der Waals surface area contributed by atoms with Crippen molar-refractivity contribution in [3.8, 4) is 0 Å². The van der Waals surface area contributed by atoms with E-state index in [-0.39, 0.29) is 18.7 Å². The maximum absolute atomic E-state index is 11.1. The number of rotatable bonds is 6. The molecule has 1 amide bonds. The fourth-order valence-electron chi connectivity index (χ4n) is 1.44. The second-order valence-electron chi connectivity index (χ2n) is 3.79. The van der Waals surface area contributed by atoms with Crippen LogP contribution in [-0.2, 0) is 16.0 Å². The molecule has 1 aromatic carbocycles. The number of amides is 1. The highest BCUT2D eigenvalue weighted by atomic mass is 16.6. The second kappa shape index (κ2) is 6.45. The molecular weight excluding hydrogens is 254 g/mol. The van der Waals surface area contributed by atoms with Crippen LogP contribution in [0, 0.1) is 10.1 Å². The summed E-state index contributed by atoms with van der Waals surface area (Å²) in [5.41, 5.74) is 5.57. The summed E-state index contributed by atoms with van der Waals surface area (Å²) >= 11 is 0. The van der Waals surface area contributed by atoms with Crippen LogP contribution in [0.4, 0.5) is 5.69 Å². The van der Waals surface area contributed by atoms with Gasteiger partial charge in [-0.15, -0.1) is 0 Å². The van der Waals surface area contributed by atoms with Gasteiger partial charge in [-0.2, -0.15) is 0 Å². The minimum Gasteiger partial charge on any atom is -0.480 e. The van der Waals surface area contributed by atoms with Gasteiger partial charge in [-0.25, -0.2) is 4.79 Å². The van der Waals surface area contributed by atoms with Gasteiger partial charge < -0.3 is 16.2 Å². The van der Waals surface area contributed by atoms with E-state index >= 15 is 0 Å². The van der Waals surface area contributed by atoms with E-state index < -0.39 is 22.8 Å². The Bertz CT molecular complexity index is 486. The number of carboxylic acids is 1. The molecule has 102 valence electrons. The molecular formula is C11H13N3O5. The lowest BCUT2D eigenvalue weighted by molar-refractivity contribution is -0.384. The quantitative estimate of drug-likeness (QED) is 0.476. The molecule has 0 aliphatic carbocycles. The number of hydrogen-bond acceptors (Lipinski definition) is 5. The maximum atomic E-state index is 11.1. The average molecular weight is 267 g/mol. The Balaban J connectivity index is 2.76. The molecule has 0 aliphatic rings. The zero-order chi connectivity index (χ0) is 14.4. The van der Waals surface area contributed by atoms with E-state index in [0.717, 1.165) is 0 Å². The molecule has 1 atom stereocenters. The van der Waals surface area contributed by atoms with Gasteiger partial charge in [-0.05, 0) is 5.56 Å². The number of nitro groups is 1. The highest BCUT2D eigenvalue weighted by molar-refractivity contribution is 5.84. The van der Waals surface area contributed by atoms with Crippen molar-refractivity contribution in [1.82, 2.24) is 5.32 Å². The van der Waals surface area contributed by atoms with Gasteiger partial charge in [0.15, 0.2) is 0 Å². The van der Waals surface area contributed by atoms with E-state index in [1.807, 2.05) is 0 Å². The van der Waals surface area contributed by atoms with Crippen molar-refractivity contribution in [2.75, 3.05) is 6.54 Å². The average Bonchev–Trinajstić information content (AvgIpc) is 2.38. The van der Waals surface area contributed by atoms with E-state index in [4.69, 9.17) is 10.8 Å². The molecule has 8 nitrogen and oxygen atoms in total. The first kappa shape index (κ1) is 14.6. The van der Waals surface area contributed by atoms with E-state index in [1.54, 1.807) is 0 Å². The Morgan fingerprint density at radius 2 is 1.95 bits per heavy atom. The summed E-state index contributed by atoms with van der Waals surface area (Å²) in [6.07, 6.45) is 0.0269. The molecule has 1 aromatic rings. The van der Waals surface area contributed by atoms with Crippen molar-refractivity contribution in [1.29, 1.82) is 0 Å². The number of nitrogens with zero attached hydrogens (tertiary/aromatic N) is 1. The fourth-order valence-corrected chi connectivity index (χ4v) is 1.44. The first-order valence-corrected chi connectivity index (χ1v) is 5.39. The smallest absolute Gasteiger partial charge is 0.326 e. The van der Waals surface area contributed by atoms with Gasteiger partial charge in [0.25, 0.3) is 5.69 Å². The Labute approximate surface area is 108 Å². The maximum Gasteiger partial charge on any atom is 0.326 e. The van der Waals surface area contributed by atoms with E-state index in [0.29, 0.717) is 5.56 Å².